The predicted molar refractivity (Wildman–Crippen MR) is 103 cm³/mol. The largest absolute Gasteiger partial charge is 0.493 e. The van der Waals surface area contributed by atoms with Gasteiger partial charge in [-0.05, 0) is 42.6 Å². The van der Waals surface area contributed by atoms with Crippen LogP contribution in [0.5, 0.6) is 11.5 Å². The third kappa shape index (κ3) is 3.98. The van der Waals surface area contributed by atoms with Gasteiger partial charge in [0.2, 0.25) is 5.91 Å². The number of fused-ring (bicyclic) bond motifs is 3. The molecule has 0 spiro atoms. The lowest BCUT2D eigenvalue weighted by molar-refractivity contribution is -0.140. The molecule has 2 heterocycles. The minimum atomic E-state index is 0.135. The Balaban J connectivity index is 1.73. The van der Waals surface area contributed by atoms with E-state index in [0.717, 1.165) is 37.6 Å². The van der Waals surface area contributed by atoms with Crippen molar-refractivity contribution in [3.63, 3.8) is 0 Å². The Morgan fingerprint density at radius 2 is 1.81 bits per heavy atom. The van der Waals surface area contributed by atoms with Crippen LogP contribution in [0.25, 0.3) is 0 Å². The highest BCUT2D eigenvalue weighted by atomic mass is 16.5. The first-order valence-electron chi connectivity index (χ1n) is 9.94. The summed E-state index contributed by atoms with van der Waals surface area (Å²) >= 11 is 0. The number of hydrogen-bond acceptors (Lipinski definition) is 4. The molecule has 1 atom stereocenters. The third-order valence-corrected chi connectivity index (χ3v) is 5.69. The molecule has 0 aromatic heterocycles. The highest BCUT2D eigenvalue weighted by Gasteiger charge is 2.37. The van der Waals surface area contributed by atoms with E-state index in [1.54, 1.807) is 14.2 Å². The monoisotopic (exact) mass is 360 g/mol. The lowest BCUT2D eigenvalue weighted by atomic mass is 9.90. The van der Waals surface area contributed by atoms with Crippen molar-refractivity contribution in [1.82, 2.24) is 9.80 Å². The number of nitrogens with zero attached hydrogens (tertiary/aromatic N) is 2. The zero-order valence-electron chi connectivity index (χ0n) is 16.4. The molecule has 1 saturated heterocycles. The van der Waals surface area contributed by atoms with Crippen LogP contribution in [-0.4, -0.2) is 56.1 Å². The standard InChI is InChI=1S/C21H32N2O3/c1-4-5-6-7-8-10-22-14-18-17-13-20(26-3)19(25-2)12-16(17)9-11-23(18)21(24)15-22/h12-13,18H,4-11,14-15H2,1-3H3. The van der Waals surface area contributed by atoms with Crippen molar-refractivity contribution in [1.29, 1.82) is 0 Å². The van der Waals surface area contributed by atoms with Crippen LogP contribution in [-0.2, 0) is 11.2 Å². The molecule has 1 unspecified atom stereocenters. The topological polar surface area (TPSA) is 42.0 Å². The van der Waals surface area contributed by atoms with Crippen molar-refractivity contribution >= 4 is 5.91 Å². The second-order valence-electron chi connectivity index (χ2n) is 7.41. The summed E-state index contributed by atoms with van der Waals surface area (Å²) in [6.07, 6.45) is 7.20. The molecule has 3 rings (SSSR count). The van der Waals surface area contributed by atoms with Crippen molar-refractivity contribution in [2.24, 2.45) is 0 Å². The highest BCUT2D eigenvalue weighted by Crippen LogP contribution is 2.39. The van der Waals surface area contributed by atoms with Gasteiger partial charge < -0.3 is 14.4 Å². The molecular weight excluding hydrogens is 328 g/mol. The minimum Gasteiger partial charge on any atom is -0.493 e. The lowest BCUT2D eigenvalue weighted by Crippen LogP contribution is -2.54. The average molecular weight is 360 g/mol. The number of rotatable bonds is 8. The molecule has 1 aromatic rings. The number of piperazine rings is 1. The van der Waals surface area contributed by atoms with E-state index < -0.39 is 0 Å². The van der Waals surface area contributed by atoms with Crippen molar-refractivity contribution in [3.8, 4) is 11.5 Å². The Morgan fingerprint density at radius 1 is 1.08 bits per heavy atom. The van der Waals surface area contributed by atoms with Gasteiger partial charge in [0.05, 0.1) is 26.8 Å². The molecule has 2 aliphatic rings. The summed E-state index contributed by atoms with van der Waals surface area (Å²) in [6.45, 7) is 5.54. The van der Waals surface area contributed by atoms with E-state index in [4.69, 9.17) is 9.47 Å². The van der Waals surface area contributed by atoms with E-state index in [1.165, 1.54) is 43.2 Å². The fourth-order valence-electron chi connectivity index (χ4n) is 4.22. The molecule has 144 valence electrons. The molecule has 1 fully saturated rings. The summed E-state index contributed by atoms with van der Waals surface area (Å²) < 4.78 is 10.9. The Morgan fingerprint density at radius 3 is 2.54 bits per heavy atom. The van der Waals surface area contributed by atoms with Crippen molar-refractivity contribution < 1.29 is 14.3 Å². The maximum absolute atomic E-state index is 12.7. The van der Waals surface area contributed by atoms with E-state index in [-0.39, 0.29) is 11.9 Å². The molecule has 1 aromatic carbocycles. The molecule has 0 N–H and O–H groups in total. The summed E-state index contributed by atoms with van der Waals surface area (Å²) in [6, 6.07) is 4.29. The molecule has 0 saturated carbocycles. The highest BCUT2D eigenvalue weighted by molar-refractivity contribution is 5.80. The minimum absolute atomic E-state index is 0.135. The first-order chi connectivity index (χ1) is 12.7. The zero-order chi connectivity index (χ0) is 18.5. The van der Waals surface area contributed by atoms with Crippen LogP contribution in [0.4, 0.5) is 0 Å². The Bertz CT molecular complexity index is 632. The quantitative estimate of drug-likeness (QED) is 0.666. The van der Waals surface area contributed by atoms with Crippen molar-refractivity contribution in [2.75, 3.05) is 40.4 Å². The summed E-state index contributed by atoms with van der Waals surface area (Å²) in [7, 11) is 3.34. The SMILES string of the molecule is CCCCCCCN1CC(=O)N2CCc3cc(OC)c(OC)cc3C2C1. The maximum Gasteiger partial charge on any atom is 0.237 e. The van der Waals surface area contributed by atoms with Crippen molar-refractivity contribution in [3.05, 3.63) is 23.3 Å². The summed E-state index contributed by atoms with van der Waals surface area (Å²) in [5.41, 5.74) is 2.50. The van der Waals surface area contributed by atoms with Crippen LogP contribution in [0, 0.1) is 0 Å². The van der Waals surface area contributed by atoms with E-state index in [1.807, 2.05) is 0 Å². The first-order valence-corrected chi connectivity index (χ1v) is 9.94. The van der Waals surface area contributed by atoms with Crippen LogP contribution in [0.15, 0.2) is 12.1 Å². The predicted octanol–water partition coefficient (Wildman–Crippen LogP) is 3.42. The number of unbranched alkanes of at least 4 members (excludes halogenated alkanes) is 4. The van der Waals surface area contributed by atoms with E-state index in [2.05, 4.69) is 28.9 Å². The number of carbonyl (C=O) groups is 1. The first kappa shape index (κ1) is 19.0. The van der Waals surface area contributed by atoms with Gasteiger partial charge in [-0.15, -0.1) is 0 Å². The molecule has 0 bridgehead atoms. The Labute approximate surface area is 157 Å². The lowest BCUT2D eigenvalue weighted by Gasteiger charge is -2.44. The number of benzene rings is 1. The summed E-state index contributed by atoms with van der Waals surface area (Å²) in [5, 5.41) is 0. The van der Waals surface area contributed by atoms with Crippen LogP contribution < -0.4 is 9.47 Å². The number of amides is 1. The van der Waals surface area contributed by atoms with Gasteiger partial charge in [-0.2, -0.15) is 0 Å². The Kier molecular flexibility index (Phi) is 6.41. The van der Waals surface area contributed by atoms with Gasteiger partial charge in [-0.25, -0.2) is 0 Å². The smallest absolute Gasteiger partial charge is 0.237 e. The number of ether oxygens (including phenoxy) is 2. The van der Waals surface area contributed by atoms with Gasteiger partial charge in [0.15, 0.2) is 11.5 Å². The Hall–Kier alpha value is -1.75. The van der Waals surface area contributed by atoms with E-state index >= 15 is 0 Å². The number of methoxy groups -OCH3 is 2. The van der Waals surface area contributed by atoms with Gasteiger partial charge in [-0.1, -0.05) is 32.6 Å². The van der Waals surface area contributed by atoms with Gasteiger partial charge >= 0.3 is 0 Å². The molecule has 1 amide bonds. The second kappa shape index (κ2) is 8.76. The van der Waals surface area contributed by atoms with Crippen molar-refractivity contribution in [2.45, 2.75) is 51.5 Å². The van der Waals surface area contributed by atoms with Crippen LogP contribution >= 0.6 is 0 Å². The molecule has 5 heteroatoms. The van der Waals surface area contributed by atoms with Gasteiger partial charge in [-0.3, -0.25) is 9.69 Å². The van der Waals surface area contributed by atoms with Crippen LogP contribution in [0.3, 0.4) is 0 Å². The zero-order valence-corrected chi connectivity index (χ0v) is 16.4. The summed E-state index contributed by atoms with van der Waals surface area (Å²) in [4.78, 5) is 17.1. The van der Waals surface area contributed by atoms with Gasteiger partial charge in [0.25, 0.3) is 0 Å². The van der Waals surface area contributed by atoms with E-state index in [9.17, 15) is 4.79 Å². The molecule has 0 aliphatic carbocycles. The number of carbonyl (C=O) groups excluding carboxylic acids is 1. The molecule has 5 nitrogen and oxygen atoms in total. The maximum atomic E-state index is 12.7. The summed E-state index contributed by atoms with van der Waals surface area (Å²) in [5.74, 6) is 1.78. The average Bonchev–Trinajstić information content (AvgIpc) is 2.66. The van der Waals surface area contributed by atoms with E-state index in [0.29, 0.717) is 6.54 Å². The molecule has 2 aliphatic heterocycles. The molecular formula is C21H32N2O3. The fraction of sp³-hybridized carbons (Fsp3) is 0.667. The van der Waals surface area contributed by atoms with Gasteiger partial charge in [0.1, 0.15) is 0 Å². The fourth-order valence-corrected chi connectivity index (χ4v) is 4.22. The van der Waals surface area contributed by atoms with Crippen LogP contribution in [0.2, 0.25) is 0 Å². The second-order valence-corrected chi connectivity index (χ2v) is 7.41. The normalized spacial score (nSPS) is 19.9. The number of hydrogen-bond donors (Lipinski definition) is 0. The van der Waals surface area contributed by atoms with Crippen LogP contribution in [0.1, 0.15) is 56.2 Å². The molecule has 26 heavy (non-hydrogen) atoms. The third-order valence-electron chi connectivity index (χ3n) is 5.69. The molecule has 0 radical (unpaired) electrons. The van der Waals surface area contributed by atoms with Gasteiger partial charge in [0, 0.05) is 13.1 Å².